The highest BCUT2D eigenvalue weighted by Gasteiger charge is 2.04. The molecule has 0 radical (unpaired) electrons. The van der Waals surface area contributed by atoms with Crippen LogP contribution in [0.3, 0.4) is 0 Å². The third-order valence-corrected chi connectivity index (χ3v) is 2.56. The monoisotopic (exact) mass is 216 g/mol. The second kappa shape index (κ2) is 4.26. The molecule has 0 spiro atoms. The average Bonchev–Trinajstić information content (AvgIpc) is 2.32. The van der Waals surface area contributed by atoms with Crippen molar-refractivity contribution in [2.75, 3.05) is 0 Å². The number of nitrogens with zero attached hydrogens (tertiary/aromatic N) is 2. The van der Waals surface area contributed by atoms with Crippen LogP contribution < -0.4 is 5.56 Å². The SMILES string of the molecule is CCc1cnc2ccc(=O)n(CC=O)c2c1. The molecule has 2 rings (SSSR count). The third-order valence-electron chi connectivity index (χ3n) is 2.56. The van der Waals surface area contributed by atoms with Gasteiger partial charge in [0.25, 0.3) is 5.56 Å². The second-order valence-electron chi connectivity index (χ2n) is 3.55. The first kappa shape index (κ1) is 10.5. The summed E-state index contributed by atoms with van der Waals surface area (Å²) in [6.07, 6.45) is 3.37. The summed E-state index contributed by atoms with van der Waals surface area (Å²) in [6.45, 7) is 2.10. The molecule has 82 valence electrons. The van der Waals surface area contributed by atoms with Crippen molar-refractivity contribution in [3.63, 3.8) is 0 Å². The standard InChI is InChI=1S/C12H12N2O2/c1-2-9-7-11-10(13-8-9)3-4-12(16)14(11)5-6-15/h3-4,6-8H,2,5H2,1H3. The number of carbonyl (C=O) groups is 1. The second-order valence-corrected chi connectivity index (χ2v) is 3.55. The zero-order valence-corrected chi connectivity index (χ0v) is 9.01. The van der Waals surface area contributed by atoms with Gasteiger partial charge in [-0.1, -0.05) is 6.92 Å². The van der Waals surface area contributed by atoms with Gasteiger partial charge < -0.3 is 4.79 Å². The molecule has 2 aromatic heterocycles. The molecule has 0 atom stereocenters. The van der Waals surface area contributed by atoms with Crippen molar-refractivity contribution in [3.05, 3.63) is 40.3 Å². The maximum Gasteiger partial charge on any atom is 0.251 e. The number of hydrogen-bond donors (Lipinski definition) is 0. The van der Waals surface area contributed by atoms with Gasteiger partial charge in [0.1, 0.15) is 6.29 Å². The Morgan fingerprint density at radius 2 is 2.25 bits per heavy atom. The Hall–Kier alpha value is -1.97. The zero-order valence-electron chi connectivity index (χ0n) is 9.01. The Kier molecular flexibility index (Phi) is 2.81. The highest BCUT2D eigenvalue weighted by molar-refractivity contribution is 5.75. The number of carbonyl (C=O) groups excluding carboxylic acids is 1. The number of aromatic nitrogens is 2. The van der Waals surface area contributed by atoms with Gasteiger partial charge >= 0.3 is 0 Å². The number of aryl methyl sites for hydroxylation is 1. The van der Waals surface area contributed by atoms with Crippen molar-refractivity contribution in [1.29, 1.82) is 0 Å². The molecule has 2 aromatic rings. The number of hydrogen-bond acceptors (Lipinski definition) is 3. The van der Waals surface area contributed by atoms with Gasteiger partial charge in [-0.2, -0.15) is 0 Å². The lowest BCUT2D eigenvalue weighted by Gasteiger charge is -2.07. The lowest BCUT2D eigenvalue weighted by Crippen LogP contribution is -2.20. The summed E-state index contributed by atoms with van der Waals surface area (Å²) in [7, 11) is 0. The number of rotatable bonds is 3. The van der Waals surface area contributed by atoms with Gasteiger partial charge in [-0.15, -0.1) is 0 Å². The molecule has 0 saturated carbocycles. The maximum atomic E-state index is 11.6. The van der Waals surface area contributed by atoms with Crippen molar-refractivity contribution in [2.45, 2.75) is 19.9 Å². The molecule has 0 aromatic carbocycles. The van der Waals surface area contributed by atoms with Gasteiger partial charge in [0.05, 0.1) is 17.6 Å². The minimum absolute atomic E-state index is 0.0744. The maximum absolute atomic E-state index is 11.6. The van der Waals surface area contributed by atoms with E-state index in [1.54, 1.807) is 12.3 Å². The molecule has 0 unspecified atom stereocenters. The molecule has 2 heterocycles. The van der Waals surface area contributed by atoms with Crippen LogP contribution in [0.5, 0.6) is 0 Å². The Bertz CT molecular complexity index is 587. The van der Waals surface area contributed by atoms with Crippen LogP contribution in [0.25, 0.3) is 11.0 Å². The van der Waals surface area contributed by atoms with Gasteiger partial charge in [-0.3, -0.25) is 14.3 Å². The summed E-state index contributed by atoms with van der Waals surface area (Å²) >= 11 is 0. The fourth-order valence-electron chi connectivity index (χ4n) is 1.67. The number of aldehydes is 1. The summed E-state index contributed by atoms with van der Waals surface area (Å²) < 4.78 is 1.44. The van der Waals surface area contributed by atoms with E-state index >= 15 is 0 Å². The van der Waals surface area contributed by atoms with Crippen LogP contribution >= 0.6 is 0 Å². The molecule has 16 heavy (non-hydrogen) atoms. The predicted octanol–water partition coefficient (Wildman–Crippen LogP) is 1.16. The molecule has 0 saturated heterocycles. The number of pyridine rings is 2. The van der Waals surface area contributed by atoms with E-state index < -0.39 is 0 Å². The van der Waals surface area contributed by atoms with Crippen LogP contribution in [-0.4, -0.2) is 15.8 Å². The summed E-state index contributed by atoms with van der Waals surface area (Å²) in [5.41, 5.74) is 2.34. The lowest BCUT2D eigenvalue weighted by molar-refractivity contribution is -0.108. The van der Waals surface area contributed by atoms with E-state index in [4.69, 9.17) is 0 Å². The average molecular weight is 216 g/mol. The Balaban J connectivity index is 2.77. The van der Waals surface area contributed by atoms with Crippen molar-refractivity contribution in [1.82, 2.24) is 9.55 Å². The van der Waals surface area contributed by atoms with Crippen molar-refractivity contribution in [2.24, 2.45) is 0 Å². The minimum Gasteiger partial charge on any atom is -0.301 e. The molecule has 4 heteroatoms. The van der Waals surface area contributed by atoms with Gasteiger partial charge in [-0.05, 0) is 24.1 Å². The van der Waals surface area contributed by atoms with E-state index in [0.29, 0.717) is 0 Å². The molecule has 0 fully saturated rings. The van der Waals surface area contributed by atoms with Crippen molar-refractivity contribution in [3.8, 4) is 0 Å². The van der Waals surface area contributed by atoms with Gasteiger partial charge in [0.15, 0.2) is 0 Å². The predicted molar refractivity (Wildman–Crippen MR) is 61.4 cm³/mol. The topological polar surface area (TPSA) is 52.0 Å². The zero-order chi connectivity index (χ0) is 11.5. The van der Waals surface area contributed by atoms with Crippen LogP contribution in [0.2, 0.25) is 0 Å². The molecule has 4 nitrogen and oxygen atoms in total. The molecular weight excluding hydrogens is 204 g/mol. The van der Waals surface area contributed by atoms with Crippen LogP contribution in [0.1, 0.15) is 12.5 Å². The lowest BCUT2D eigenvalue weighted by atomic mass is 10.2. The van der Waals surface area contributed by atoms with E-state index in [-0.39, 0.29) is 12.1 Å². The highest BCUT2D eigenvalue weighted by atomic mass is 16.1. The van der Waals surface area contributed by atoms with Crippen LogP contribution in [-0.2, 0) is 17.8 Å². The van der Waals surface area contributed by atoms with Crippen LogP contribution in [0.4, 0.5) is 0 Å². The van der Waals surface area contributed by atoms with Crippen LogP contribution in [0, 0.1) is 0 Å². The summed E-state index contributed by atoms with van der Waals surface area (Å²) in [5, 5.41) is 0. The minimum atomic E-state index is -0.172. The Morgan fingerprint density at radius 3 is 2.94 bits per heavy atom. The summed E-state index contributed by atoms with van der Waals surface area (Å²) in [5.74, 6) is 0. The molecule has 0 bridgehead atoms. The Morgan fingerprint density at radius 1 is 1.44 bits per heavy atom. The first-order valence-corrected chi connectivity index (χ1v) is 5.18. The fourth-order valence-corrected chi connectivity index (χ4v) is 1.67. The van der Waals surface area contributed by atoms with Gasteiger partial charge in [-0.25, -0.2) is 0 Å². The van der Waals surface area contributed by atoms with Gasteiger partial charge in [0.2, 0.25) is 0 Å². The van der Waals surface area contributed by atoms with E-state index in [0.717, 1.165) is 29.3 Å². The largest absolute Gasteiger partial charge is 0.301 e. The molecular formula is C12H12N2O2. The summed E-state index contributed by atoms with van der Waals surface area (Å²) in [6, 6.07) is 5.02. The number of fused-ring (bicyclic) bond motifs is 1. The molecule has 0 aliphatic carbocycles. The van der Waals surface area contributed by atoms with E-state index in [2.05, 4.69) is 4.98 Å². The smallest absolute Gasteiger partial charge is 0.251 e. The van der Waals surface area contributed by atoms with E-state index in [9.17, 15) is 9.59 Å². The normalized spacial score (nSPS) is 10.6. The Labute approximate surface area is 92.5 Å². The van der Waals surface area contributed by atoms with Gasteiger partial charge in [0, 0.05) is 12.3 Å². The fraction of sp³-hybridized carbons (Fsp3) is 0.250. The first-order valence-electron chi connectivity index (χ1n) is 5.18. The first-order chi connectivity index (χ1) is 7.76. The molecule has 0 aliphatic rings. The summed E-state index contributed by atoms with van der Waals surface area (Å²) in [4.78, 5) is 26.4. The van der Waals surface area contributed by atoms with E-state index in [1.165, 1.54) is 10.6 Å². The highest BCUT2D eigenvalue weighted by Crippen LogP contribution is 2.11. The molecule has 0 N–H and O–H groups in total. The molecule has 0 amide bonds. The van der Waals surface area contributed by atoms with E-state index in [1.807, 2.05) is 13.0 Å². The van der Waals surface area contributed by atoms with Crippen molar-refractivity contribution < 1.29 is 4.79 Å². The van der Waals surface area contributed by atoms with Crippen LogP contribution in [0.15, 0.2) is 29.2 Å². The molecule has 0 aliphatic heterocycles. The van der Waals surface area contributed by atoms with Crippen molar-refractivity contribution >= 4 is 17.3 Å². The third kappa shape index (κ3) is 1.74. The quantitative estimate of drug-likeness (QED) is 0.723.